The smallest absolute Gasteiger partial charge is 0.264 e. The van der Waals surface area contributed by atoms with Gasteiger partial charge in [0.15, 0.2) is 0 Å². The van der Waals surface area contributed by atoms with Gasteiger partial charge >= 0.3 is 0 Å². The first-order valence-electron chi connectivity index (χ1n) is 11.5. The lowest BCUT2D eigenvalue weighted by Crippen LogP contribution is -2.42. The number of para-hydroxylation sites is 2. The van der Waals surface area contributed by atoms with Crippen LogP contribution in [0.25, 0.3) is 0 Å². The summed E-state index contributed by atoms with van der Waals surface area (Å²) in [7, 11) is -4.09. The monoisotopic (exact) mass is 514 g/mol. The maximum atomic E-state index is 13.7. The van der Waals surface area contributed by atoms with Gasteiger partial charge in [0.1, 0.15) is 12.3 Å². The lowest BCUT2D eigenvalue weighted by atomic mass is 9.97. The molecule has 0 saturated carbocycles. The number of carbonyl (C=O) groups is 1. The number of anilines is 1. The van der Waals surface area contributed by atoms with Crippen molar-refractivity contribution in [1.82, 2.24) is 5.32 Å². The summed E-state index contributed by atoms with van der Waals surface area (Å²) >= 11 is 5.97. The minimum absolute atomic E-state index is 0.0300. The van der Waals surface area contributed by atoms with E-state index in [2.05, 4.69) is 11.4 Å². The number of hydrogen-bond donors (Lipinski definition) is 1. The highest BCUT2D eigenvalue weighted by molar-refractivity contribution is 7.92. The van der Waals surface area contributed by atoms with Gasteiger partial charge in [0.2, 0.25) is 5.91 Å². The molecule has 0 fully saturated rings. The van der Waals surface area contributed by atoms with Crippen molar-refractivity contribution in [2.24, 2.45) is 0 Å². The van der Waals surface area contributed by atoms with E-state index in [1.165, 1.54) is 24.3 Å². The minimum atomic E-state index is -4.09. The number of carbonyl (C=O) groups excluding carboxylic acids is 1. The third-order valence-corrected chi connectivity index (χ3v) is 7.69. The summed E-state index contributed by atoms with van der Waals surface area (Å²) in [5, 5.41) is 3.44. The quantitative estimate of drug-likeness (QED) is 0.370. The van der Waals surface area contributed by atoms with Crippen LogP contribution in [0, 0.1) is 13.8 Å². The molecule has 3 aromatic rings. The zero-order chi connectivity index (χ0) is 25.6. The number of aryl methyl sites for hydroxylation is 2. The molecule has 0 radical (unpaired) electrons. The molecule has 1 unspecified atom stereocenters. The van der Waals surface area contributed by atoms with Crippen LogP contribution in [-0.2, 0) is 14.8 Å². The highest BCUT2D eigenvalue weighted by Gasteiger charge is 2.30. The largest absolute Gasteiger partial charge is 0.492 e. The molecule has 6 nitrogen and oxygen atoms in total. The maximum absolute atomic E-state index is 13.7. The number of hydrogen-bond acceptors (Lipinski definition) is 4. The predicted octanol–water partition coefficient (Wildman–Crippen LogP) is 5.82. The van der Waals surface area contributed by atoms with Crippen LogP contribution >= 0.6 is 11.6 Å². The van der Waals surface area contributed by atoms with Crippen molar-refractivity contribution in [2.45, 2.75) is 45.1 Å². The first-order valence-corrected chi connectivity index (χ1v) is 13.4. The van der Waals surface area contributed by atoms with E-state index >= 15 is 0 Å². The molecule has 35 heavy (non-hydrogen) atoms. The summed E-state index contributed by atoms with van der Waals surface area (Å²) in [6.45, 7) is 7.77. The van der Waals surface area contributed by atoms with E-state index in [9.17, 15) is 13.2 Å². The highest BCUT2D eigenvalue weighted by atomic mass is 35.5. The average Bonchev–Trinajstić information content (AvgIpc) is 2.82. The standard InChI is InChI=1S/C27H31ClN2O4S/c1-5-24(23-16-11-19(3)17-20(23)4)29-27(31)18-30(25-9-7-8-10-26(25)34-6-2)35(32,33)22-14-12-21(28)13-15-22/h7-17,24H,5-6,18H2,1-4H3,(H,29,31). The minimum Gasteiger partial charge on any atom is -0.492 e. The molecule has 1 atom stereocenters. The van der Waals surface area contributed by atoms with Crippen LogP contribution in [0.15, 0.2) is 71.6 Å². The fourth-order valence-electron chi connectivity index (χ4n) is 3.96. The average molecular weight is 515 g/mol. The van der Waals surface area contributed by atoms with Gasteiger partial charge in [0.25, 0.3) is 10.0 Å². The molecule has 0 bridgehead atoms. The Morgan fingerprint density at radius 1 is 1.03 bits per heavy atom. The lowest BCUT2D eigenvalue weighted by Gasteiger charge is -2.27. The summed E-state index contributed by atoms with van der Waals surface area (Å²) in [6, 6.07) is 18.5. The molecule has 186 valence electrons. The van der Waals surface area contributed by atoms with Gasteiger partial charge in [-0.05, 0) is 74.7 Å². The number of nitrogens with zero attached hydrogens (tertiary/aromatic N) is 1. The molecule has 3 rings (SSSR count). The molecule has 1 N–H and O–H groups in total. The fraction of sp³-hybridized carbons (Fsp3) is 0.296. The van der Waals surface area contributed by atoms with E-state index in [1.54, 1.807) is 24.3 Å². The number of ether oxygens (including phenoxy) is 1. The van der Waals surface area contributed by atoms with E-state index in [0.29, 0.717) is 29.5 Å². The fourth-order valence-corrected chi connectivity index (χ4v) is 5.52. The van der Waals surface area contributed by atoms with Crippen LogP contribution in [0.5, 0.6) is 5.75 Å². The Balaban J connectivity index is 1.98. The van der Waals surface area contributed by atoms with Crippen LogP contribution in [0.3, 0.4) is 0 Å². The van der Waals surface area contributed by atoms with E-state index in [-0.39, 0.29) is 10.9 Å². The Bertz CT molecular complexity index is 1280. The Hall–Kier alpha value is -3.03. The second kappa shape index (κ2) is 11.6. The third-order valence-electron chi connectivity index (χ3n) is 5.67. The second-order valence-corrected chi connectivity index (χ2v) is 10.6. The number of amides is 1. The Morgan fingerprint density at radius 3 is 2.34 bits per heavy atom. The molecule has 0 heterocycles. The first kappa shape index (κ1) is 26.6. The van der Waals surface area contributed by atoms with Crippen molar-refractivity contribution in [1.29, 1.82) is 0 Å². The molecule has 0 saturated heterocycles. The van der Waals surface area contributed by atoms with E-state index in [0.717, 1.165) is 21.0 Å². The molecule has 0 aliphatic heterocycles. The number of nitrogens with one attached hydrogen (secondary N) is 1. The summed E-state index contributed by atoms with van der Waals surface area (Å²) < 4.78 is 34.2. The van der Waals surface area contributed by atoms with Gasteiger partial charge in [-0.2, -0.15) is 0 Å². The van der Waals surface area contributed by atoms with Crippen LogP contribution in [0.1, 0.15) is 43.0 Å². The third kappa shape index (κ3) is 6.35. The van der Waals surface area contributed by atoms with Crippen LogP contribution in [0.4, 0.5) is 5.69 Å². The topological polar surface area (TPSA) is 75.7 Å². The van der Waals surface area contributed by atoms with E-state index < -0.39 is 22.5 Å². The van der Waals surface area contributed by atoms with Crippen molar-refractivity contribution < 1.29 is 17.9 Å². The van der Waals surface area contributed by atoms with Gasteiger partial charge in [-0.25, -0.2) is 8.42 Å². The normalized spacial score (nSPS) is 12.1. The van der Waals surface area contributed by atoms with Crippen molar-refractivity contribution >= 4 is 33.2 Å². The summed E-state index contributed by atoms with van der Waals surface area (Å²) in [4.78, 5) is 13.3. The zero-order valence-electron chi connectivity index (χ0n) is 20.4. The van der Waals surface area contributed by atoms with Crippen LogP contribution < -0.4 is 14.4 Å². The van der Waals surface area contributed by atoms with E-state index in [4.69, 9.17) is 16.3 Å². The second-order valence-electron chi connectivity index (χ2n) is 8.25. The molecule has 0 spiro atoms. The van der Waals surface area contributed by atoms with Crippen LogP contribution in [0.2, 0.25) is 5.02 Å². The molecule has 0 aromatic heterocycles. The summed E-state index contributed by atoms with van der Waals surface area (Å²) in [5.41, 5.74) is 3.51. The molecule has 0 aliphatic carbocycles. The van der Waals surface area contributed by atoms with Gasteiger partial charge < -0.3 is 10.1 Å². The maximum Gasteiger partial charge on any atom is 0.264 e. The molecule has 1 amide bonds. The Morgan fingerprint density at radius 2 is 1.71 bits per heavy atom. The van der Waals surface area contributed by atoms with E-state index in [1.807, 2.05) is 39.8 Å². The molecular formula is C27H31ClN2O4S. The Kier molecular flexibility index (Phi) is 8.81. The zero-order valence-corrected chi connectivity index (χ0v) is 22.0. The van der Waals surface area contributed by atoms with Crippen molar-refractivity contribution in [3.05, 3.63) is 88.4 Å². The highest BCUT2D eigenvalue weighted by Crippen LogP contribution is 2.33. The number of halogens is 1. The number of rotatable bonds is 10. The van der Waals surface area contributed by atoms with Crippen LogP contribution in [-0.4, -0.2) is 27.5 Å². The lowest BCUT2D eigenvalue weighted by molar-refractivity contribution is -0.120. The van der Waals surface area contributed by atoms with Gasteiger partial charge in [-0.15, -0.1) is 0 Å². The van der Waals surface area contributed by atoms with Crippen molar-refractivity contribution in [3.63, 3.8) is 0 Å². The summed E-state index contributed by atoms with van der Waals surface area (Å²) in [5.74, 6) is -0.0394. The summed E-state index contributed by atoms with van der Waals surface area (Å²) in [6.07, 6.45) is 0.662. The van der Waals surface area contributed by atoms with Gasteiger partial charge in [-0.3, -0.25) is 9.10 Å². The van der Waals surface area contributed by atoms with Gasteiger partial charge in [-0.1, -0.05) is 54.4 Å². The molecular weight excluding hydrogens is 484 g/mol. The molecule has 3 aromatic carbocycles. The SMILES string of the molecule is CCOc1ccccc1N(CC(=O)NC(CC)c1ccc(C)cc1C)S(=O)(=O)c1ccc(Cl)cc1. The number of sulfonamides is 1. The van der Waals surface area contributed by atoms with Gasteiger partial charge in [0.05, 0.1) is 23.2 Å². The van der Waals surface area contributed by atoms with Gasteiger partial charge in [0, 0.05) is 5.02 Å². The Labute approximate surface area is 212 Å². The molecule has 0 aliphatic rings. The molecule has 8 heteroatoms. The predicted molar refractivity (Wildman–Crippen MR) is 141 cm³/mol. The number of benzene rings is 3. The van der Waals surface area contributed by atoms with Crippen molar-refractivity contribution in [3.8, 4) is 5.75 Å². The first-order chi connectivity index (χ1) is 16.7. The van der Waals surface area contributed by atoms with Crippen molar-refractivity contribution in [2.75, 3.05) is 17.5 Å².